The second kappa shape index (κ2) is 1.94. The lowest BCUT2D eigenvalue weighted by Crippen LogP contribution is -2.16. The highest BCUT2D eigenvalue weighted by Crippen LogP contribution is 1.97. The highest BCUT2D eigenvalue weighted by molar-refractivity contribution is 5.12. The summed E-state index contributed by atoms with van der Waals surface area (Å²) < 4.78 is 0. The van der Waals surface area contributed by atoms with Crippen LogP contribution in [0.15, 0.2) is 24.3 Å². The van der Waals surface area contributed by atoms with E-state index in [0.29, 0.717) is 0 Å². The zero-order chi connectivity index (χ0) is 5.11. The number of nitrogens with two attached hydrogens (primary N) is 1. The minimum absolute atomic E-state index is 0.269. The van der Waals surface area contributed by atoms with Crippen LogP contribution >= 0.6 is 0 Å². The molecule has 0 amide bonds. The minimum atomic E-state index is 0.269. The van der Waals surface area contributed by atoms with Crippen LogP contribution in [-0.4, -0.2) is 6.04 Å². The Bertz CT molecular complexity index is 103. The van der Waals surface area contributed by atoms with E-state index in [4.69, 9.17) is 5.73 Å². The third-order valence-corrected chi connectivity index (χ3v) is 1.01. The Balaban J connectivity index is 2.49. The zero-order valence-electron chi connectivity index (χ0n) is 4.17. The first-order valence-electron chi connectivity index (χ1n) is 2.48. The molecule has 38 valence electrons. The molecule has 1 nitrogen and oxygen atoms in total. The summed E-state index contributed by atoms with van der Waals surface area (Å²) in [6, 6.07) is 0.269. The SMILES string of the molecule is NC1C=CC=CC1. The highest BCUT2D eigenvalue weighted by atomic mass is 14.6. The van der Waals surface area contributed by atoms with Crippen molar-refractivity contribution in [1.82, 2.24) is 0 Å². The Labute approximate surface area is 43.5 Å². The quantitative estimate of drug-likeness (QED) is 0.474. The van der Waals surface area contributed by atoms with Gasteiger partial charge < -0.3 is 5.73 Å². The van der Waals surface area contributed by atoms with Crippen molar-refractivity contribution in [3.63, 3.8) is 0 Å². The number of hydrogen-bond acceptors (Lipinski definition) is 1. The maximum atomic E-state index is 5.50. The molecule has 1 rings (SSSR count). The fraction of sp³-hybridized carbons (Fsp3) is 0.333. The van der Waals surface area contributed by atoms with E-state index in [1.807, 2.05) is 18.2 Å². The fourth-order valence-electron chi connectivity index (χ4n) is 0.600. The highest BCUT2D eigenvalue weighted by Gasteiger charge is 1.93. The van der Waals surface area contributed by atoms with E-state index in [-0.39, 0.29) is 6.04 Å². The molecular formula is C6H9N. The van der Waals surface area contributed by atoms with Gasteiger partial charge in [-0.1, -0.05) is 24.3 Å². The average molecular weight is 95.1 g/mol. The van der Waals surface area contributed by atoms with Crippen molar-refractivity contribution in [2.45, 2.75) is 12.5 Å². The molecule has 7 heavy (non-hydrogen) atoms. The summed E-state index contributed by atoms with van der Waals surface area (Å²) >= 11 is 0. The van der Waals surface area contributed by atoms with Gasteiger partial charge >= 0.3 is 0 Å². The van der Waals surface area contributed by atoms with Gasteiger partial charge in [-0.2, -0.15) is 0 Å². The molecule has 0 saturated heterocycles. The predicted octanol–water partition coefficient (Wildman–Crippen LogP) is 0.830. The molecule has 0 spiro atoms. The number of allylic oxidation sites excluding steroid dienone is 2. The van der Waals surface area contributed by atoms with E-state index >= 15 is 0 Å². The molecule has 0 aromatic heterocycles. The molecule has 0 aromatic rings. The minimum Gasteiger partial charge on any atom is -0.324 e. The maximum Gasteiger partial charge on any atom is 0.0261 e. The van der Waals surface area contributed by atoms with Crippen molar-refractivity contribution in [3.05, 3.63) is 24.3 Å². The molecule has 2 N–H and O–H groups in total. The Kier molecular flexibility index (Phi) is 1.27. The van der Waals surface area contributed by atoms with Gasteiger partial charge in [0, 0.05) is 6.04 Å². The lowest BCUT2D eigenvalue weighted by atomic mass is 10.1. The smallest absolute Gasteiger partial charge is 0.0261 e. The normalized spacial score (nSPS) is 28.4. The number of rotatable bonds is 0. The average Bonchev–Trinajstić information content (AvgIpc) is 1.69. The van der Waals surface area contributed by atoms with Crippen molar-refractivity contribution < 1.29 is 0 Å². The van der Waals surface area contributed by atoms with Crippen LogP contribution in [0.25, 0.3) is 0 Å². The second-order valence-electron chi connectivity index (χ2n) is 1.71. The molecule has 1 unspecified atom stereocenters. The van der Waals surface area contributed by atoms with Crippen LogP contribution in [0.3, 0.4) is 0 Å². The molecule has 0 aromatic carbocycles. The summed E-state index contributed by atoms with van der Waals surface area (Å²) in [4.78, 5) is 0. The van der Waals surface area contributed by atoms with Gasteiger partial charge in [-0.05, 0) is 6.42 Å². The van der Waals surface area contributed by atoms with Gasteiger partial charge in [0.05, 0.1) is 0 Å². The van der Waals surface area contributed by atoms with Crippen molar-refractivity contribution in [2.24, 2.45) is 5.73 Å². The van der Waals surface area contributed by atoms with Crippen molar-refractivity contribution in [3.8, 4) is 0 Å². The van der Waals surface area contributed by atoms with Crippen LogP contribution in [-0.2, 0) is 0 Å². The van der Waals surface area contributed by atoms with E-state index in [2.05, 4.69) is 6.08 Å². The summed E-state index contributed by atoms with van der Waals surface area (Å²) in [7, 11) is 0. The van der Waals surface area contributed by atoms with E-state index < -0.39 is 0 Å². The first kappa shape index (κ1) is 4.60. The standard InChI is InChI=1S/C6H9N/c7-6-4-2-1-3-5-6/h1-4,6H,5,7H2. The van der Waals surface area contributed by atoms with E-state index in [0.717, 1.165) is 6.42 Å². The van der Waals surface area contributed by atoms with Gasteiger partial charge in [0.15, 0.2) is 0 Å². The summed E-state index contributed by atoms with van der Waals surface area (Å²) in [5, 5.41) is 0. The molecule has 1 aliphatic rings. The summed E-state index contributed by atoms with van der Waals surface area (Å²) in [6.07, 6.45) is 9.07. The predicted molar refractivity (Wildman–Crippen MR) is 30.9 cm³/mol. The summed E-state index contributed by atoms with van der Waals surface area (Å²) in [5.74, 6) is 0. The summed E-state index contributed by atoms with van der Waals surface area (Å²) in [5.41, 5.74) is 5.50. The van der Waals surface area contributed by atoms with E-state index in [1.165, 1.54) is 0 Å². The van der Waals surface area contributed by atoms with Crippen LogP contribution in [0, 0.1) is 0 Å². The van der Waals surface area contributed by atoms with Gasteiger partial charge in [-0.15, -0.1) is 0 Å². The van der Waals surface area contributed by atoms with Crippen LogP contribution < -0.4 is 5.73 Å². The topological polar surface area (TPSA) is 26.0 Å². The molecule has 0 radical (unpaired) electrons. The van der Waals surface area contributed by atoms with Crippen LogP contribution in [0.5, 0.6) is 0 Å². The Morgan fingerprint density at radius 3 is 2.57 bits per heavy atom. The fourth-order valence-corrected chi connectivity index (χ4v) is 0.600. The van der Waals surface area contributed by atoms with Crippen LogP contribution in [0.1, 0.15) is 6.42 Å². The molecule has 1 heteroatoms. The molecule has 0 aliphatic heterocycles. The Morgan fingerprint density at radius 2 is 2.29 bits per heavy atom. The molecule has 0 heterocycles. The van der Waals surface area contributed by atoms with Gasteiger partial charge in [0.2, 0.25) is 0 Å². The van der Waals surface area contributed by atoms with Crippen molar-refractivity contribution in [1.29, 1.82) is 0 Å². The first-order valence-corrected chi connectivity index (χ1v) is 2.48. The first-order chi connectivity index (χ1) is 3.39. The summed E-state index contributed by atoms with van der Waals surface area (Å²) in [6.45, 7) is 0. The molecule has 1 aliphatic carbocycles. The Morgan fingerprint density at radius 1 is 1.43 bits per heavy atom. The zero-order valence-corrected chi connectivity index (χ0v) is 4.17. The Hall–Kier alpha value is -0.560. The lowest BCUT2D eigenvalue weighted by Gasteiger charge is -2.02. The van der Waals surface area contributed by atoms with E-state index in [1.54, 1.807) is 0 Å². The molecule has 0 fully saturated rings. The third kappa shape index (κ3) is 1.16. The monoisotopic (exact) mass is 95.1 g/mol. The lowest BCUT2D eigenvalue weighted by molar-refractivity contribution is 0.826. The van der Waals surface area contributed by atoms with Crippen LogP contribution in [0.2, 0.25) is 0 Å². The van der Waals surface area contributed by atoms with Crippen molar-refractivity contribution >= 4 is 0 Å². The van der Waals surface area contributed by atoms with Crippen molar-refractivity contribution in [2.75, 3.05) is 0 Å². The maximum absolute atomic E-state index is 5.50. The van der Waals surface area contributed by atoms with Gasteiger partial charge in [-0.25, -0.2) is 0 Å². The van der Waals surface area contributed by atoms with Gasteiger partial charge in [0.25, 0.3) is 0 Å². The van der Waals surface area contributed by atoms with Gasteiger partial charge in [-0.3, -0.25) is 0 Å². The molecule has 0 saturated carbocycles. The third-order valence-electron chi connectivity index (χ3n) is 1.01. The molecular weight excluding hydrogens is 86.1 g/mol. The largest absolute Gasteiger partial charge is 0.324 e. The second-order valence-corrected chi connectivity index (χ2v) is 1.71. The van der Waals surface area contributed by atoms with E-state index in [9.17, 15) is 0 Å². The van der Waals surface area contributed by atoms with Gasteiger partial charge in [0.1, 0.15) is 0 Å². The molecule has 1 atom stereocenters. The number of hydrogen-bond donors (Lipinski definition) is 1. The molecule has 0 bridgehead atoms. The van der Waals surface area contributed by atoms with Crippen LogP contribution in [0.4, 0.5) is 0 Å².